The summed E-state index contributed by atoms with van der Waals surface area (Å²) in [5, 5.41) is 3.61. The van der Waals surface area contributed by atoms with Crippen molar-refractivity contribution in [3.63, 3.8) is 0 Å². The Balaban J connectivity index is 1.42. The van der Waals surface area contributed by atoms with Gasteiger partial charge < -0.3 is 15.1 Å². The molecule has 1 atom stereocenters. The lowest BCUT2D eigenvalue weighted by Gasteiger charge is -2.21. The van der Waals surface area contributed by atoms with E-state index in [1.807, 2.05) is 6.07 Å². The monoisotopic (exact) mass is 309 g/mol. The average molecular weight is 309 g/mol. The van der Waals surface area contributed by atoms with Gasteiger partial charge in [-0.1, -0.05) is 18.2 Å². The van der Waals surface area contributed by atoms with Gasteiger partial charge in [-0.25, -0.2) is 9.97 Å². The van der Waals surface area contributed by atoms with Crippen molar-refractivity contribution in [1.29, 1.82) is 0 Å². The van der Waals surface area contributed by atoms with E-state index in [4.69, 9.17) is 0 Å². The number of nitrogens with zero attached hydrogens (tertiary/aromatic N) is 4. The Morgan fingerprint density at radius 3 is 2.43 bits per heavy atom. The van der Waals surface area contributed by atoms with Gasteiger partial charge in [-0.15, -0.1) is 0 Å². The molecule has 2 aromatic rings. The van der Waals surface area contributed by atoms with Crippen molar-refractivity contribution < 1.29 is 0 Å². The number of benzene rings is 1. The third-order valence-electron chi connectivity index (χ3n) is 4.73. The first-order chi connectivity index (χ1) is 11.4. The normalized spacial score (nSPS) is 21.0. The molecule has 3 heterocycles. The molecule has 2 saturated heterocycles. The minimum atomic E-state index is 0.475. The van der Waals surface area contributed by atoms with Crippen molar-refractivity contribution in [2.24, 2.45) is 0 Å². The van der Waals surface area contributed by atoms with Gasteiger partial charge in [-0.05, 0) is 31.4 Å². The van der Waals surface area contributed by atoms with Crippen LogP contribution in [0.3, 0.4) is 0 Å². The molecule has 1 N–H and O–H groups in total. The molecule has 23 heavy (non-hydrogen) atoms. The zero-order valence-corrected chi connectivity index (χ0v) is 13.4. The SMILES string of the molecule is c1ccc(N[C@H]2CCN(c3cc(N4CCCC4)ncn3)C2)cc1. The highest BCUT2D eigenvalue weighted by Gasteiger charge is 2.24. The van der Waals surface area contributed by atoms with Gasteiger partial charge in [0.1, 0.15) is 18.0 Å². The predicted octanol–water partition coefficient (Wildman–Crippen LogP) is 2.77. The molecule has 5 nitrogen and oxygen atoms in total. The van der Waals surface area contributed by atoms with E-state index in [0.29, 0.717) is 6.04 Å². The van der Waals surface area contributed by atoms with E-state index in [0.717, 1.165) is 44.2 Å². The zero-order chi connectivity index (χ0) is 15.5. The van der Waals surface area contributed by atoms with Crippen LogP contribution in [0.4, 0.5) is 17.3 Å². The number of aromatic nitrogens is 2. The third kappa shape index (κ3) is 3.23. The Bertz CT molecular complexity index is 639. The Hall–Kier alpha value is -2.30. The van der Waals surface area contributed by atoms with Crippen LogP contribution in [0.1, 0.15) is 19.3 Å². The van der Waals surface area contributed by atoms with Crippen molar-refractivity contribution >= 4 is 17.3 Å². The largest absolute Gasteiger partial charge is 0.380 e. The summed E-state index contributed by atoms with van der Waals surface area (Å²) in [5.74, 6) is 2.13. The van der Waals surface area contributed by atoms with Gasteiger partial charge in [-0.3, -0.25) is 0 Å². The molecule has 5 heteroatoms. The number of rotatable bonds is 4. The second-order valence-electron chi connectivity index (χ2n) is 6.37. The van der Waals surface area contributed by atoms with Crippen molar-refractivity contribution in [3.05, 3.63) is 42.7 Å². The molecular formula is C18H23N5. The maximum absolute atomic E-state index is 4.49. The number of hydrogen-bond donors (Lipinski definition) is 1. The fourth-order valence-corrected chi connectivity index (χ4v) is 3.49. The molecule has 0 spiro atoms. The quantitative estimate of drug-likeness (QED) is 0.941. The van der Waals surface area contributed by atoms with Crippen LogP contribution in [-0.4, -0.2) is 42.2 Å². The minimum absolute atomic E-state index is 0.475. The third-order valence-corrected chi connectivity index (χ3v) is 4.73. The second-order valence-corrected chi connectivity index (χ2v) is 6.37. The topological polar surface area (TPSA) is 44.3 Å². The smallest absolute Gasteiger partial charge is 0.134 e. The summed E-state index contributed by atoms with van der Waals surface area (Å²) in [4.78, 5) is 13.7. The predicted molar refractivity (Wildman–Crippen MR) is 94.2 cm³/mol. The summed E-state index contributed by atoms with van der Waals surface area (Å²) in [5.41, 5.74) is 1.19. The van der Waals surface area contributed by atoms with Gasteiger partial charge in [0.15, 0.2) is 0 Å². The lowest BCUT2D eigenvalue weighted by Crippen LogP contribution is -2.27. The number of nitrogens with one attached hydrogen (secondary N) is 1. The molecule has 4 rings (SSSR count). The molecule has 1 aromatic heterocycles. The minimum Gasteiger partial charge on any atom is -0.380 e. The molecule has 0 bridgehead atoms. The molecule has 120 valence electrons. The van der Waals surface area contributed by atoms with Gasteiger partial charge >= 0.3 is 0 Å². The van der Waals surface area contributed by atoms with Crippen molar-refractivity contribution in [2.45, 2.75) is 25.3 Å². The molecule has 0 radical (unpaired) electrons. The van der Waals surface area contributed by atoms with Gasteiger partial charge in [-0.2, -0.15) is 0 Å². The van der Waals surface area contributed by atoms with Crippen LogP contribution in [0.25, 0.3) is 0 Å². The number of hydrogen-bond acceptors (Lipinski definition) is 5. The van der Waals surface area contributed by atoms with E-state index in [-0.39, 0.29) is 0 Å². The van der Waals surface area contributed by atoms with E-state index in [1.54, 1.807) is 6.33 Å². The first-order valence-corrected chi connectivity index (χ1v) is 8.52. The summed E-state index contributed by atoms with van der Waals surface area (Å²) in [6.45, 7) is 4.27. The van der Waals surface area contributed by atoms with Gasteiger partial charge in [0, 0.05) is 44.0 Å². The highest BCUT2D eigenvalue weighted by Crippen LogP contribution is 2.25. The number of anilines is 3. The molecule has 2 fully saturated rings. The summed E-state index contributed by atoms with van der Waals surface area (Å²) in [6.07, 6.45) is 5.39. The molecule has 2 aliphatic heterocycles. The Labute approximate surface area is 137 Å². The molecule has 0 amide bonds. The summed E-state index contributed by atoms with van der Waals surface area (Å²) < 4.78 is 0. The Morgan fingerprint density at radius 2 is 1.65 bits per heavy atom. The number of para-hydroxylation sites is 1. The van der Waals surface area contributed by atoms with Crippen LogP contribution in [0.2, 0.25) is 0 Å². The van der Waals surface area contributed by atoms with Crippen molar-refractivity contribution in [1.82, 2.24) is 9.97 Å². The van der Waals surface area contributed by atoms with Crippen LogP contribution in [-0.2, 0) is 0 Å². The van der Waals surface area contributed by atoms with E-state index >= 15 is 0 Å². The van der Waals surface area contributed by atoms with Crippen LogP contribution in [0.5, 0.6) is 0 Å². The van der Waals surface area contributed by atoms with Crippen molar-refractivity contribution in [3.8, 4) is 0 Å². The highest BCUT2D eigenvalue weighted by atomic mass is 15.3. The fourth-order valence-electron chi connectivity index (χ4n) is 3.49. The first-order valence-electron chi connectivity index (χ1n) is 8.52. The van der Waals surface area contributed by atoms with E-state index in [2.05, 4.69) is 55.4 Å². The van der Waals surface area contributed by atoms with E-state index in [1.165, 1.54) is 18.5 Å². The average Bonchev–Trinajstić information content (AvgIpc) is 3.28. The van der Waals surface area contributed by atoms with Crippen LogP contribution in [0, 0.1) is 0 Å². The van der Waals surface area contributed by atoms with Crippen LogP contribution < -0.4 is 15.1 Å². The first kappa shape index (κ1) is 14.3. The summed E-state index contributed by atoms with van der Waals surface area (Å²) in [6, 6.07) is 13.1. The zero-order valence-electron chi connectivity index (χ0n) is 13.4. The van der Waals surface area contributed by atoms with Crippen molar-refractivity contribution in [2.75, 3.05) is 41.3 Å². The standard InChI is InChI=1S/C18H23N5/c1-2-6-15(7-3-1)21-16-8-11-23(13-16)18-12-17(19-14-20-18)22-9-4-5-10-22/h1-3,6-7,12,14,16,21H,4-5,8-11,13H2/t16-/m0/s1. The van der Waals surface area contributed by atoms with Crippen LogP contribution in [0.15, 0.2) is 42.7 Å². The van der Waals surface area contributed by atoms with E-state index < -0.39 is 0 Å². The molecule has 0 saturated carbocycles. The summed E-state index contributed by atoms with van der Waals surface area (Å²) in [7, 11) is 0. The molecule has 2 aliphatic rings. The van der Waals surface area contributed by atoms with Gasteiger partial charge in [0.2, 0.25) is 0 Å². The molecule has 0 unspecified atom stereocenters. The lowest BCUT2D eigenvalue weighted by molar-refractivity contribution is 0.805. The van der Waals surface area contributed by atoms with E-state index in [9.17, 15) is 0 Å². The molecule has 1 aromatic carbocycles. The highest BCUT2D eigenvalue weighted by molar-refractivity contribution is 5.52. The Kier molecular flexibility index (Phi) is 4.01. The summed E-state index contributed by atoms with van der Waals surface area (Å²) >= 11 is 0. The fraction of sp³-hybridized carbons (Fsp3) is 0.444. The van der Waals surface area contributed by atoms with Gasteiger partial charge in [0.05, 0.1) is 0 Å². The molecular weight excluding hydrogens is 286 g/mol. The second kappa shape index (κ2) is 6.44. The molecule has 0 aliphatic carbocycles. The lowest BCUT2D eigenvalue weighted by atomic mass is 10.2. The maximum Gasteiger partial charge on any atom is 0.134 e. The van der Waals surface area contributed by atoms with Gasteiger partial charge in [0.25, 0.3) is 0 Å². The van der Waals surface area contributed by atoms with Crippen LogP contribution >= 0.6 is 0 Å². The maximum atomic E-state index is 4.49. The Morgan fingerprint density at radius 1 is 0.913 bits per heavy atom.